The number of furan rings is 1. The fraction of sp³-hybridized carbons (Fsp3) is 0.214. The molecule has 0 saturated heterocycles. The van der Waals surface area contributed by atoms with E-state index in [9.17, 15) is 0 Å². The summed E-state index contributed by atoms with van der Waals surface area (Å²) in [5.74, 6) is 1.08. The van der Waals surface area contributed by atoms with Crippen LogP contribution in [-0.2, 0) is 6.42 Å². The number of rotatable bonds is 4. The van der Waals surface area contributed by atoms with E-state index in [4.69, 9.17) is 14.2 Å². The molecule has 2 aromatic heterocycles. The summed E-state index contributed by atoms with van der Waals surface area (Å²) in [7, 11) is 0. The Morgan fingerprint density at radius 2 is 2.16 bits per heavy atom. The van der Waals surface area contributed by atoms with Crippen molar-refractivity contribution in [2.45, 2.75) is 19.3 Å². The number of nitrogens with zero attached hydrogens (tertiary/aromatic N) is 3. The van der Waals surface area contributed by atoms with E-state index in [1.54, 1.807) is 6.26 Å². The summed E-state index contributed by atoms with van der Waals surface area (Å²) >= 11 is 0. The molecule has 2 heterocycles. The van der Waals surface area contributed by atoms with Gasteiger partial charge < -0.3 is 8.94 Å². The van der Waals surface area contributed by atoms with Gasteiger partial charge in [0.25, 0.3) is 0 Å². The summed E-state index contributed by atoms with van der Waals surface area (Å²) in [4.78, 5) is 4.33. The number of fused-ring (bicyclic) bond motifs is 1. The van der Waals surface area contributed by atoms with Crippen LogP contribution < -0.4 is 0 Å². The van der Waals surface area contributed by atoms with E-state index < -0.39 is 0 Å². The number of nitriles is 1. The minimum atomic E-state index is 0.492. The molecule has 0 atom stereocenters. The van der Waals surface area contributed by atoms with Gasteiger partial charge in [0.1, 0.15) is 11.8 Å². The normalized spacial score (nSPS) is 10.7. The zero-order valence-corrected chi connectivity index (χ0v) is 10.2. The minimum absolute atomic E-state index is 0.492. The average Bonchev–Trinajstić information content (AvgIpc) is 3.05. The van der Waals surface area contributed by atoms with E-state index >= 15 is 0 Å². The third-order valence-electron chi connectivity index (χ3n) is 2.87. The summed E-state index contributed by atoms with van der Waals surface area (Å²) in [6, 6.07) is 9.80. The van der Waals surface area contributed by atoms with E-state index in [2.05, 4.69) is 16.2 Å². The Bertz CT molecular complexity index is 736. The predicted octanol–water partition coefficient (Wildman–Crippen LogP) is 3.33. The molecule has 3 rings (SSSR count). The number of unbranched alkanes of at least 4 members (excludes halogenated alkanes) is 1. The van der Waals surface area contributed by atoms with Crippen molar-refractivity contribution in [3.8, 4) is 17.5 Å². The van der Waals surface area contributed by atoms with Crippen molar-refractivity contribution in [3.05, 3.63) is 36.4 Å². The number of aromatic nitrogens is 2. The fourth-order valence-electron chi connectivity index (χ4n) is 1.94. The van der Waals surface area contributed by atoms with Crippen LogP contribution in [0.1, 0.15) is 18.7 Å². The van der Waals surface area contributed by atoms with Gasteiger partial charge in [-0.05, 0) is 12.5 Å². The van der Waals surface area contributed by atoms with Gasteiger partial charge in [-0.15, -0.1) is 0 Å². The molecule has 5 heteroatoms. The molecular formula is C14H11N3O2. The van der Waals surface area contributed by atoms with Crippen molar-refractivity contribution < 1.29 is 8.94 Å². The van der Waals surface area contributed by atoms with Gasteiger partial charge in [0.2, 0.25) is 11.7 Å². The Labute approximate surface area is 109 Å². The second kappa shape index (κ2) is 4.94. The molecule has 0 bridgehead atoms. The smallest absolute Gasteiger partial charge is 0.226 e. The van der Waals surface area contributed by atoms with Gasteiger partial charge in [-0.25, -0.2) is 0 Å². The van der Waals surface area contributed by atoms with E-state index in [1.165, 1.54) is 0 Å². The molecule has 0 saturated carbocycles. The first-order valence-electron chi connectivity index (χ1n) is 6.04. The summed E-state index contributed by atoms with van der Waals surface area (Å²) in [5, 5.41) is 13.4. The largest absolute Gasteiger partial charge is 0.464 e. The molecule has 1 aromatic carbocycles. The van der Waals surface area contributed by atoms with E-state index in [1.807, 2.05) is 24.3 Å². The Morgan fingerprint density at radius 3 is 3.05 bits per heavy atom. The van der Waals surface area contributed by atoms with Gasteiger partial charge in [0, 0.05) is 18.2 Å². The number of hydrogen-bond donors (Lipinski definition) is 0. The Balaban J connectivity index is 1.88. The number of aryl methyl sites for hydroxylation is 1. The van der Waals surface area contributed by atoms with E-state index in [0.29, 0.717) is 24.6 Å². The molecule has 0 N–H and O–H groups in total. The van der Waals surface area contributed by atoms with Crippen molar-refractivity contribution in [2.75, 3.05) is 0 Å². The molecule has 3 aromatic rings. The highest BCUT2D eigenvalue weighted by atomic mass is 16.5. The standard InChI is InChI=1S/C14H11N3O2/c15-8-4-3-7-13-16-14(17-19-13)11-9-18-12-6-2-1-5-10(11)12/h1-2,5-6,9H,3-4,7H2. The first-order valence-corrected chi connectivity index (χ1v) is 6.04. The third kappa shape index (κ3) is 2.20. The lowest BCUT2D eigenvalue weighted by atomic mass is 10.2. The van der Waals surface area contributed by atoms with Gasteiger partial charge >= 0.3 is 0 Å². The third-order valence-corrected chi connectivity index (χ3v) is 2.87. The van der Waals surface area contributed by atoms with Gasteiger partial charge in [-0.3, -0.25) is 0 Å². The molecule has 94 valence electrons. The maximum atomic E-state index is 8.49. The summed E-state index contributed by atoms with van der Waals surface area (Å²) in [6.45, 7) is 0. The summed E-state index contributed by atoms with van der Waals surface area (Å²) < 4.78 is 10.6. The van der Waals surface area contributed by atoms with Gasteiger partial charge in [0.05, 0.1) is 11.6 Å². The van der Waals surface area contributed by atoms with Crippen LogP contribution in [0.2, 0.25) is 0 Å². The SMILES string of the molecule is N#CCCCc1nc(-c2coc3ccccc23)no1. The molecule has 0 radical (unpaired) electrons. The summed E-state index contributed by atoms with van der Waals surface area (Å²) in [6.07, 6.45) is 3.47. The molecule has 0 fully saturated rings. The van der Waals surface area contributed by atoms with Crippen LogP contribution in [0.5, 0.6) is 0 Å². The Kier molecular flexibility index (Phi) is 2.99. The first kappa shape index (κ1) is 11.5. The zero-order valence-electron chi connectivity index (χ0n) is 10.2. The highest BCUT2D eigenvalue weighted by Crippen LogP contribution is 2.28. The van der Waals surface area contributed by atoms with E-state index in [0.717, 1.165) is 23.0 Å². The molecule has 19 heavy (non-hydrogen) atoms. The molecule has 0 aliphatic heterocycles. The van der Waals surface area contributed by atoms with Crippen LogP contribution in [-0.4, -0.2) is 10.1 Å². The van der Waals surface area contributed by atoms with Gasteiger partial charge in [-0.1, -0.05) is 23.4 Å². The lowest BCUT2D eigenvalue weighted by Gasteiger charge is -1.89. The topological polar surface area (TPSA) is 75.8 Å². The maximum Gasteiger partial charge on any atom is 0.226 e. The molecular weight excluding hydrogens is 242 g/mol. The molecule has 0 spiro atoms. The second-order valence-corrected chi connectivity index (χ2v) is 4.17. The summed E-state index contributed by atoms with van der Waals surface area (Å²) in [5.41, 5.74) is 1.62. The minimum Gasteiger partial charge on any atom is -0.464 e. The van der Waals surface area contributed by atoms with E-state index in [-0.39, 0.29) is 0 Å². The lowest BCUT2D eigenvalue weighted by Crippen LogP contribution is -1.85. The van der Waals surface area contributed by atoms with Gasteiger partial charge in [0.15, 0.2) is 0 Å². The highest BCUT2D eigenvalue weighted by molar-refractivity contribution is 5.91. The maximum absolute atomic E-state index is 8.49. The molecule has 0 amide bonds. The van der Waals surface area contributed by atoms with Crippen molar-refractivity contribution >= 4 is 11.0 Å². The first-order chi connectivity index (χ1) is 9.38. The Morgan fingerprint density at radius 1 is 1.26 bits per heavy atom. The van der Waals surface area contributed by atoms with Crippen molar-refractivity contribution in [1.82, 2.24) is 10.1 Å². The quantitative estimate of drug-likeness (QED) is 0.666. The fourth-order valence-corrected chi connectivity index (χ4v) is 1.94. The van der Waals surface area contributed by atoms with Crippen molar-refractivity contribution in [1.29, 1.82) is 5.26 Å². The molecule has 0 unspecified atom stereocenters. The van der Waals surface area contributed by atoms with Crippen LogP contribution >= 0.6 is 0 Å². The zero-order chi connectivity index (χ0) is 13.1. The molecule has 0 aliphatic rings. The van der Waals surface area contributed by atoms with Crippen LogP contribution in [0, 0.1) is 11.3 Å². The number of para-hydroxylation sites is 1. The lowest BCUT2D eigenvalue weighted by molar-refractivity contribution is 0.376. The van der Waals surface area contributed by atoms with Crippen LogP contribution in [0.25, 0.3) is 22.4 Å². The van der Waals surface area contributed by atoms with Crippen LogP contribution in [0.15, 0.2) is 39.5 Å². The second-order valence-electron chi connectivity index (χ2n) is 4.17. The molecule has 5 nitrogen and oxygen atoms in total. The van der Waals surface area contributed by atoms with Crippen molar-refractivity contribution in [3.63, 3.8) is 0 Å². The van der Waals surface area contributed by atoms with Crippen LogP contribution in [0.4, 0.5) is 0 Å². The predicted molar refractivity (Wildman–Crippen MR) is 68.1 cm³/mol. The Hall–Kier alpha value is -2.61. The number of hydrogen-bond acceptors (Lipinski definition) is 5. The monoisotopic (exact) mass is 253 g/mol. The molecule has 0 aliphatic carbocycles. The van der Waals surface area contributed by atoms with Gasteiger partial charge in [-0.2, -0.15) is 10.2 Å². The van der Waals surface area contributed by atoms with Crippen LogP contribution in [0.3, 0.4) is 0 Å². The highest BCUT2D eigenvalue weighted by Gasteiger charge is 2.13. The van der Waals surface area contributed by atoms with Crippen molar-refractivity contribution in [2.24, 2.45) is 0 Å². The average molecular weight is 253 g/mol. The number of benzene rings is 1.